The van der Waals surface area contributed by atoms with Crippen LogP contribution in [-0.4, -0.2) is 55.1 Å². The summed E-state index contributed by atoms with van der Waals surface area (Å²) >= 11 is 0. The van der Waals surface area contributed by atoms with Crippen molar-refractivity contribution in [2.45, 2.75) is 57.5 Å². The van der Waals surface area contributed by atoms with E-state index in [4.69, 9.17) is 5.73 Å². The monoisotopic (exact) mass is 267 g/mol. The number of nitrogens with two attached hydrogens (primary N) is 1. The van der Waals surface area contributed by atoms with Gasteiger partial charge >= 0.3 is 0 Å². The summed E-state index contributed by atoms with van der Waals surface area (Å²) in [6, 6.07) is 0.701. The number of likely N-dealkylation sites (N-methyl/N-ethyl adjacent to an activating group) is 1. The highest BCUT2D eigenvalue weighted by molar-refractivity contribution is 5.01. The fraction of sp³-hybridized carbons (Fsp3) is 1.00. The van der Waals surface area contributed by atoms with Crippen LogP contribution < -0.4 is 5.73 Å². The molecule has 0 spiro atoms. The Bertz CT molecular complexity index is 282. The van der Waals surface area contributed by atoms with E-state index in [-0.39, 0.29) is 0 Å². The third kappa shape index (κ3) is 2.98. The summed E-state index contributed by atoms with van der Waals surface area (Å²) in [5, 5.41) is 0. The van der Waals surface area contributed by atoms with Crippen LogP contribution in [-0.2, 0) is 0 Å². The summed E-state index contributed by atoms with van der Waals surface area (Å²) in [5.74, 6) is 1.71. The zero-order chi connectivity index (χ0) is 14.0. The average Bonchev–Trinajstić information content (AvgIpc) is 2.81. The highest BCUT2D eigenvalue weighted by atomic mass is 15.3. The third-order valence-electron chi connectivity index (χ3n) is 5.90. The Morgan fingerprint density at radius 1 is 1.21 bits per heavy atom. The molecule has 2 atom stereocenters. The van der Waals surface area contributed by atoms with Crippen molar-refractivity contribution < 1.29 is 0 Å². The van der Waals surface area contributed by atoms with Crippen molar-refractivity contribution in [1.82, 2.24) is 9.80 Å². The molecule has 1 saturated carbocycles. The third-order valence-corrected chi connectivity index (χ3v) is 5.90. The molecular weight excluding hydrogens is 234 g/mol. The van der Waals surface area contributed by atoms with E-state index in [2.05, 4.69) is 37.7 Å². The Labute approximate surface area is 119 Å². The topological polar surface area (TPSA) is 32.5 Å². The molecule has 2 fully saturated rings. The van der Waals surface area contributed by atoms with Crippen molar-refractivity contribution in [1.29, 1.82) is 0 Å². The van der Waals surface area contributed by atoms with E-state index >= 15 is 0 Å². The SMILES string of the molecule is CCC1CCC(CN)(N2CC(C)C(N(C)C)C2)CC1. The highest BCUT2D eigenvalue weighted by Gasteiger charge is 2.44. The van der Waals surface area contributed by atoms with Crippen molar-refractivity contribution in [2.24, 2.45) is 17.6 Å². The van der Waals surface area contributed by atoms with Crippen molar-refractivity contribution in [3.8, 4) is 0 Å². The lowest BCUT2D eigenvalue weighted by Crippen LogP contribution is -2.55. The molecule has 2 aliphatic rings. The summed E-state index contributed by atoms with van der Waals surface area (Å²) in [7, 11) is 4.43. The Morgan fingerprint density at radius 3 is 2.26 bits per heavy atom. The van der Waals surface area contributed by atoms with E-state index in [9.17, 15) is 0 Å². The Hall–Kier alpha value is -0.120. The van der Waals surface area contributed by atoms with Crippen molar-refractivity contribution >= 4 is 0 Å². The lowest BCUT2D eigenvalue weighted by atomic mass is 9.74. The molecule has 1 heterocycles. The summed E-state index contributed by atoms with van der Waals surface area (Å²) < 4.78 is 0. The van der Waals surface area contributed by atoms with Gasteiger partial charge in [-0.15, -0.1) is 0 Å². The molecule has 1 aliphatic heterocycles. The molecule has 1 saturated heterocycles. The molecular formula is C16H33N3. The molecule has 0 aromatic rings. The van der Waals surface area contributed by atoms with Gasteiger partial charge in [0.1, 0.15) is 0 Å². The quantitative estimate of drug-likeness (QED) is 0.847. The van der Waals surface area contributed by atoms with Gasteiger partial charge in [0, 0.05) is 31.2 Å². The smallest absolute Gasteiger partial charge is 0.0332 e. The van der Waals surface area contributed by atoms with Crippen LogP contribution in [0.4, 0.5) is 0 Å². The molecule has 2 unspecified atom stereocenters. The number of hydrogen-bond donors (Lipinski definition) is 1. The molecule has 2 N–H and O–H groups in total. The van der Waals surface area contributed by atoms with Crippen molar-refractivity contribution in [2.75, 3.05) is 33.7 Å². The minimum Gasteiger partial charge on any atom is -0.329 e. The van der Waals surface area contributed by atoms with Crippen molar-refractivity contribution in [3.05, 3.63) is 0 Å². The van der Waals surface area contributed by atoms with E-state index in [1.165, 1.54) is 45.2 Å². The fourth-order valence-corrected chi connectivity index (χ4v) is 4.28. The van der Waals surface area contributed by atoms with Crippen LogP contribution in [0.25, 0.3) is 0 Å². The van der Waals surface area contributed by atoms with Crippen LogP contribution in [0.3, 0.4) is 0 Å². The van der Waals surface area contributed by atoms with E-state index in [1.807, 2.05) is 0 Å². The van der Waals surface area contributed by atoms with Gasteiger partial charge in [-0.3, -0.25) is 4.90 Å². The molecule has 1 aliphatic carbocycles. The summed E-state index contributed by atoms with van der Waals surface area (Å²) in [4.78, 5) is 5.13. The molecule has 0 aromatic heterocycles. The second-order valence-corrected chi connectivity index (χ2v) is 7.19. The van der Waals surface area contributed by atoms with Gasteiger partial charge in [-0.25, -0.2) is 0 Å². The van der Waals surface area contributed by atoms with Gasteiger partial charge in [-0.2, -0.15) is 0 Å². The molecule has 0 bridgehead atoms. The number of nitrogens with zero attached hydrogens (tertiary/aromatic N) is 2. The van der Waals surface area contributed by atoms with Gasteiger partial charge in [0.05, 0.1) is 0 Å². The highest BCUT2D eigenvalue weighted by Crippen LogP contribution is 2.40. The molecule has 0 aromatic carbocycles. The minimum absolute atomic E-state index is 0.310. The first-order valence-corrected chi connectivity index (χ1v) is 8.14. The van der Waals surface area contributed by atoms with E-state index in [0.717, 1.165) is 18.4 Å². The fourth-order valence-electron chi connectivity index (χ4n) is 4.28. The first-order chi connectivity index (χ1) is 9.02. The van der Waals surface area contributed by atoms with Crippen LogP contribution in [0.15, 0.2) is 0 Å². The molecule has 2 rings (SSSR count). The molecule has 19 heavy (non-hydrogen) atoms. The summed E-state index contributed by atoms with van der Waals surface area (Å²) in [6.07, 6.45) is 6.73. The van der Waals surface area contributed by atoms with E-state index in [1.54, 1.807) is 0 Å². The molecule has 0 amide bonds. The minimum atomic E-state index is 0.310. The van der Waals surface area contributed by atoms with Crippen LogP contribution in [0.1, 0.15) is 46.0 Å². The first-order valence-electron chi connectivity index (χ1n) is 8.14. The van der Waals surface area contributed by atoms with Crippen LogP contribution >= 0.6 is 0 Å². The Morgan fingerprint density at radius 2 is 1.84 bits per heavy atom. The number of rotatable bonds is 4. The summed E-state index contributed by atoms with van der Waals surface area (Å²) in [6.45, 7) is 8.02. The maximum absolute atomic E-state index is 6.22. The largest absolute Gasteiger partial charge is 0.329 e. The van der Waals surface area contributed by atoms with E-state index in [0.29, 0.717) is 11.6 Å². The zero-order valence-electron chi connectivity index (χ0n) is 13.4. The average molecular weight is 267 g/mol. The van der Waals surface area contributed by atoms with Crippen LogP contribution in [0.2, 0.25) is 0 Å². The van der Waals surface area contributed by atoms with Gasteiger partial charge in [-0.05, 0) is 51.6 Å². The second kappa shape index (κ2) is 6.11. The first kappa shape index (κ1) is 15.3. The maximum Gasteiger partial charge on any atom is 0.0332 e. The summed E-state index contributed by atoms with van der Waals surface area (Å²) in [5.41, 5.74) is 6.53. The lowest BCUT2D eigenvalue weighted by molar-refractivity contribution is 0.0558. The van der Waals surface area contributed by atoms with Gasteiger partial charge in [0.15, 0.2) is 0 Å². The lowest BCUT2D eigenvalue weighted by Gasteiger charge is -2.46. The van der Waals surface area contributed by atoms with Gasteiger partial charge in [0.2, 0.25) is 0 Å². The predicted molar refractivity (Wildman–Crippen MR) is 82.2 cm³/mol. The van der Waals surface area contributed by atoms with Gasteiger partial charge < -0.3 is 10.6 Å². The maximum atomic E-state index is 6.22. The zero-order valence-corrected chi connectivity index (χ0v) is 13.4. The second-order valence-electron chi connectivity index (χ2n) is 7.19. The molecule has 3 heteroatoms. The molecule has 3 nitrogen and oxygen atoms in total. The normalized spacial score (nSPS) is 41.1. The Kier molecular flexibility index (Phi) is 4.91. The van der Waals surface area contributed by atoms with Gasteiger partial charge in [-0.1, -0.05) is 20.3 Å². The van der Waals surface area contributed by atoms with Crippen LogP contribution in [0, 0.1) is 11.8 Å². The molecule has 0 radical (unpaired) electrons. The van der Waals surface area contributed by atoms with Gasteiger partial charge in [0.25, 0.3) is 0 Å². The predicted octanol–water partition coefficient (Wildman–Crippen LogP) is 2.17. The standard InChI is InChI=1S/C16H33N3/c1-5-14-6-8-16(12-17,9-7-14)19-10-13(2)15(11-19)18(3)4/h13-15H,5-12,17H2,1-4H3. The van der Waals surface area contributed by atoms with Crippen LogP contribution in [0.5, 0.6) is 0 Å². The number of hydrogen-bond acceptors (Lipinski definition) is 3. The van der Waals surface area contributed by atoms with E-state index < -0.39 is 0 Å². The number of likely N-dealkylation sites (tertiary alicyclic amines) is 1. The Balaban J connectivity index is 2.03. The molecule has 112 valence electrons. The van der Waals surface area contributed by atoms with Crippen molar-refractivity contribution in [3.63, 3.8) is 0 Å².